The summed E-state index contributed by atoms with van der Waals surface area (Å²) in [7, 11) is 0. The molecule has 0 spiro atoms. The van der Waals surface area contributed by atoms with Gasteiger partial charge in [0.05, 0.1) is 5.69 Å². The Kier molecular flexibility index (Phi) is 4.05. The van der Waals surface area contributed by atoms with Crippen LogP contribution in [-0.2, 0) is 10.3 Å². The average molecular weight is 313 g/mol. The molecule has 2 atom stereocenters. The molecular formula is C18H20FN3O. The van der Waals surface area contributed by atoms with Crippen LogP contribution in [0.1, 0.15) is 25.8 Å². The lowest BCUT2D eigenvalue weighted by molar-refractivity contribution is -0.131. The summed E-state index contributed by atoms with van der Waals surface area (Å²) in [4.78, 5) is 13.0. The molecule has 1 amide bonds. The van der Waals surface area contributed by atoms with E-state index in [1.165, 1.54) is 12.1 Å². The largest absolute Gasteiger partial charge is 0.294 e. The monoisotopic (exact) mass is 313 g/mol. The van der Waals surface area contributed by atoms with E-state index in [1.54, 1.807) is 17.1 Å². The van der Waals surface area contributed by atoms with Crippen LogP contribution in [0, 0.1) is 5.82 Å². The van der Waals surface area contributed by atoms with Crippen LogP contribution >= 0.6 is 0 Å². The molecule has 1 fully saturated rings. The summed E-state index contributed by atoms with van der Waals surface area (Å²) in [5.41, 5.74) is 3.90. The molecule has 2 aromatic rings. The summed E-state index contributed by atoms with van der Waals surface area (Å²) in [6.45, 7) is 3.85. The molecule has 3 rings (SSSR count). The number of rotatable bonds is 4. The van der Waals surface area contributed by atoms with E-state index in [2.05, 4.69) is 10.7 Å². The molecule has 2 aromatic carbocycles. The first-order valence-corrected chi connectivity index (χ1v) is 7.73. The van der Waals surface area contributed by atoms with Gasteiger partial charge in [-0.2, -0.15) is 0 Å². The summed E-state index contributed by atoms with van der Waals surface area (Å²) in [5, 5.41) is 4.99. The van der Waals surface area contributed by atoms with Gasteiger partial charge < -0.3 is 0 Å². The Bertz CT molecular complexity index is 689. The summed E-state index contributed by atoms with van der Waals surface area (Å²) in [5.74, 6) is -0.395. The van der Waals surface area contributed by atoms with Gasteiger partial charge in [0.1, 0.15) is 17.5 Å². The van der Waals surface area contributed by atoms with E-state index in [0.717, 1.165) is 17.7 Å². The predicted octanol–water partition coefficient (Wildman–Crippen LogP) is 3.24. The molecule has 0 aromatic heterocycles. The van der Waals surface area contributed by atoms with E-state index < -0.39 is 5.54 Å². The van der Waals surface area contributed by atoms with Crippen LogP contribution in [0.3, 0.4) is 0 Å². The molecule has 0 bridgehead atoms. The van der Waals surface area contributed by atoms with Gasteiger partial charge in [-0.15, -0.1) is 0 Å². The Balaban J connectivity index is 1.90. The van der Waals surface area contributed by atoms with Crippen LogP contribution in [0.5, 0.6) is 0 Å². The number of carbonyl (C=O) groups is 1. The first kappa shape index (κ1) is 15.5. The van der Waals surface area contributed by atoms with Gasteiger partial charge >= 0.3 is 0 Å². The maximum absolute atomic E-state index is 13.2. The van der Waals surface area contributed by atoms with Crippen molar-refractivity contribution in [3.63, 3.8) is 0 Å². The Labute approximate surface area is 135 Å². The molecule has 23 heavy (non-hydrogen) atoms. The standard InChI is InChI=1S/C18H20FN3O/c1-3-16-20-18(2,13-9-11-14(19)12-10-13)17(23)22(16)21-15-7-5-4-6-8-15/h4-12,16,20-21H,3H2,1-2H3. The lowest BCUT2D eigenvalue weighted by atomic mass is 9.92. The minimum Gasteiger partial charge on any atom is -0.294 e. The van der Waals surface area contributed by atoms with Crippen molar-refractivity contribution in [2.75, 3.05) is 5.43 Å². The van der Waals surface area contributed by atoms with Crippen molar-refractivity contribution in [2.45, 2.75) is 32.0 Å². The topological polar surface area (TPSA) is 44.4 Å². The second kappa shape index (κ2) is 6.01. The van der Waals surface area contributed by atoms with Gasteiger partial charge in [-0.05, 0) is 43.2 Å². The van der Waals surface area contributed by atoms with Crippen LogP contribution < -0.4 is 10.7 Å². The maximum atomic E-state index is 13.2. The highest BCUT2D eigenvalue weighted by molar-refractivity contribution is 5.90. The van der Waals surface area contributed by atoms with E-state index in [-0.39, 0.29) is 17.9 Å². The van der Waals surface area contributed by atoms with Gasteiger partial charge in [0.2, 0.25) is 0 Å². The van der Waals surface area contributed by atoms with Crippen molar-refractivity contribution < 1.29 is 9.18 Å². The second-order valence-corrected chi connectivity index (χ2v) is 5.85. The number of benzene rings is 2. The van der Waals surface area contributed by atoms with Crippen molar-refractivity contribution in [1.29, 1.82) is 0 Å². The van der Waals surface area contributed by atoms with Crippen LogP contribution in [0.2, 0.25) is 0 Å². The second-order valence-electron chi connectivity index (χ2n) is 5.85. The number of nitrogens with zero attached hydrogens (tertiary/aromatic N) is 1. The summed E-state index contributed by atoms with van der Waals surface area (Å²) in [6, 6.07) is 15.6. The van der Waals surface area contributed by atoms with Crippen molar-refractivity contribution in [1.82, 2.24) is 10.3 Å². The molecular weight excluding hydrogens is 293 g/mol. The highest BCUT2D eigenvalue weighted by Gasteiger charge is 2.48. The van der Waals surface area contributed by atoms with Crippen molar-refractivity contribution in [3.8, 4) is 0 Å². The first-order chi connectivity index (χ1) is 11.0. The summed E-state index contributed by atoms with van der Waals surface area (Å²) >= 11 is 0. The Morgan fingerprint density at radius 1 is 1.17 bits per heavy atom. The van der Waals surface area contributed by atoms with Crippen molar-refractivity contribution >= 4 is 11.6 Å². The highest BCUT2D eigenvalue weighted by Crippen LogP contribution is 2.31. The number of halogens is 1. The van der Waals surface area contributed by atoms with Gasteiger partial charge in [-0.25, -0.2) is 9.40 Å². The number of para-hydroxylation sites is 1. The summed E-state index contributed by atoms with van der Waals surface area (Å²) < 4.78 is 13.2. The smallest absolute Gasteiger partial charge is 0.267 e. The van der Waals surface area contributed by atoms with Crippen LogP contribution in [-0.4, -0.2) is 17.1 Å². The van der Waals surface area contributed by atoms with Crippen LogP contribution in [0.15, 0.2) is 54.6 Å². The molecule has 4 nitrogen and oxygen atoms in total. The molecule has 0 saturated carbocycles. The minimum atomic E-state index is -0.879. The predicted molar refractivity (Wildman–Crippen MR) is 87.9 cm³/mol. The third kappa shape index (κ3) is 2.80. The van der Waals surface area contributed by atoms with Gasteiger partial charge in [0.25, 0.3) is 5.91 Å². The van der Waals surface area contributed by atoms with E-state index in [4.69, 9.17) is 0 Å². The van der Waals surface area contributed by atoms with Crippen molar-refractivity contribution in [2.24, 2.45) is 0 Å². The number of carbonyl (C=O) groups excluding carboxylic acids is 1. The fourth-order valence-corrected chi connectivity index (χ4v) is 2.90. The van der Waals surface area contributed by atoms with Gasteiger partial charge in [-0.1, -0.05) is 37.3 Å². The molecule has 0 aliphatic carbocycles. The quantitative estimate of drug-likeness (QED) is 0.911. The minimum absolute atomic E-state index is 0.0835. The number of hydrogen-bond acceptors (Lipinski definition) is 3. The zero-order valence-electron chi connectivity index (χ0n) is 13.2. The fourth-order valence-electron chi connectivity index (χ4n) is 2.90. The third-order valence-corrected chi connectivity index (χ3v) is 4.25. The van der Waals surface area contributed by atoms with Gasteiger partial charge in [0.15, 0.2) is 0 Å². The highest BCUT2D eigenvalue weighted by atomic mass is 19.1. The van der Waals surface area contributed by atoms with E-state index in [1.807, 2.05) is 44.2 Å². The lowest BCUT2D eigenvalue weighted by Crippen LogP contribution is -2.41. The molecule has 0 radical (unpaired) electrons. The number of amides is 1. The zero-order valence-corrected chi connectivity index (χ0v) is 13.2. The Morgan fingerprint density at radius 3 is 2.43 bits per heavy atom. The van der Waals surface area contributed by atoms with Crippen LogP contribution in [0.4, 0.5) is 10.1 Å². The van der Waals surface area contributed by atoms with Crippen molar-refractivity contribution in [3.05, 3.63) is 66.0 Å². The number of hydrogen-bond donors (Lipinski definition) is 2. The van der Waals surface area contributed by atoms with Gasteiger partial charge in [-0.3, -0.25) is 15.5 Å². The number of hydrazine groups is 1. The molecule has 5 heteroatoms. The SMILES string of the molecule is CCC1NC(C)(c2ccc(F)cc2)C(=O)N1Nc1ccccc1. The summed E-state index contributed by atoms with van der Waals surface area (Å²) in [6.07, 6.45) is 0.611. The average Bonchev–Trinajstić information content (AvgIpc) is 2.82. The molecule has 1 heterocycles. The molecule has 1 aliphatic heterocycles. The Hall–Kier alpha value is -2.40. The maximum Gasteiger partial charge on any atom is 0.267 e. The zero-order chi connectivity index (χ0) is 16.4. The van der Waals surface area contributed by atoms with E-state index >= 15 is 0 Å². The van der Waals surface area contributed by atoms with Crippen LogP contribution in [0.25, 0.3) is 0 Å². The molecule has 2 N–H and O–H groups in total. The van der Waals surface area contributed by atoms with Gasteiger partial charge in [0, 0.05) is 0 Å². The van der Waals surface area contributed by atoms with E-state index in [0.29, 0.717) is 0 Å². The number of anilines is 1. The molecule has 2 unspecified atom stereocenters. The fraction of sp³-hybridized carbons (Fsp3) is 0.278. The molecule has 1 saturated heterocycles. The third-order valence-electron chi connectivity index (χ3n) is 4.25. The number of nitrogens with one attached hydrogen (secondary N) is 2. The lowest BCUT2D eigenvalue weighted by Gasteiger charge is -2.25. The molecule has 120 valence electrons. The normalized spacial score (nSPS) is 24.0. The Morgan fingerprint density at radius 2 is 1.83 bits per heavy atom. The molecule has 1 aliphatic rings. The first-order valence-electron chi connectivity index (χ1n) is 7.73. The van der Waals surface area contributed by atoms with E-state index in [9.17, 15) is 9.18 Å².